The first kappa shape index (κ1) is 24.7. The lowest BCUT2D eigenvalue weighted by Crippen LogP contribution is -2.45. The number of guanidine groups is 1. The topological polar surface area (TPSA) is 69.6 Å². The van der Waals surface area contributed by atoms with E-state index in [-0.39, 0.29) is 41.5 Å². The highest BCUT2D eigenvalue weighted by atomic mass is 127. The number of alkyl halides is 6. The SMILES string of the molecule is CN=C(NCC(=O)N(C)CC(F)(F)F)NCc1nc(C(F)(F)F)cs1.I. The summed E-state index contributed by atoms with van der Waals surface area (Å²) in [7, 11) is 2.34. The van der Waals surface area contributed by atoms with E-state index in [1.807, 2.05) is 0 Å². The third kappa shape index (κ3) is 8.86. The van der Waals surface area contributed by atoms with Gasteiger partial charge in [0.2, 0.25) is 5.91 Å². The van der Waals surface area contributed by atoms with Crippen molar-refractivity contribution in [3.8, 4) is 0 Å². The molecule has 0 spiro atoms. The summed E-state index contributed by atoms with van der Waals surface area (Å²) in [5.74, 6) is -0.786. The molecule has 1 aromatic rings. The van der Waals surface area contributed by atoms with Gasteiger partial charge < -0.3 is 15.5 Å². The Balaban J connectivity index is 0.00000625. The van der Waals surface area contributed by atoms with E-state index < -0.39 is 37.0 Å². The van der Waals surface area contributed by atoms with Crippen LogP contribution >= 0.6 is 35.3 Å². The number of rotatable bonds is 5. The van der Waals surface area contributed by atoms with E-state index in [9.17, 15) is 31.1 Å². The Labute approximate surface area is 166 Å². The molecule has 0 aliphatic rings. The number of amides is 1. The zero-order valence-corrected chi connectivity index (χ0v) is 16.7. The number of likely N-dealkylation sites (N-methyl/N-ethyl adjacent to an activating group) is 1. The maximum atomic E-state index is 12.4. The Morgan fingerprint density at radius 2 is 1.88 bits per heavy atom. The molecular formula is C12H16F6IN5OS. The minimum absolute atomic E-state index is 0. The van der Waals surface area contributed by atoms with E-state index in [1.165, 1.54) is 7.05 Å². The van der Waals surface area contributed by atoms with Crippen LogP contribution in [0.4, 0.5) is 26.3 Å². The maximum absolute atomic E-state index is 12.4. The van der Waals surface area contributed by atoms with E-state index in [0.717, 1.165) is 23.8 Å². The summed E-state index contributed by atoms with van der Waals surface area (Å²) < 4.78 is 73.9. The lowest BCUT2D eigenvalue weighted by atomic mass is 10.4. The van der Waals surface area contributed by atoms with Gasteiger partial charge in [0.05, 0.1) is 13.1 Å². The lowest BCUT2D eigenvalue weighted by Gasteiger charge is -2.19. The molecule has 0 aliphatic carbocycles. The van der Waals surface area contributed by atoms with Crippen LogP contribution in [0.15, 0.2) is 10.4 Å². The molecule has 14 heteroatoms. The summed E-state index contributed by atoms with van der Waals surface area (Å²) in [6, 6.07) is 0. The number of nitrogens with one attached hydrogen (secondary N) is 2. The fourth-order valence-corrected chi connectivity index (χ4v) is 2.29. The van der Waals surface area contributed by atoms with Crippen molar-refractivity contribution >= 4 is 47.2 Å². The molecule has 0 fully saturated rings. The molecule has 1 heterocycles. The van der Waals surface area contributed by atoms with Crippen molar-refractivity contribution in [1.29, 1.82) is 0 Å². The van der Waals surface area contributed by atoms with Gasteiger partial charge in [-0.25, -0.2) is 4.98 Å². The largest absolute Gasteiger partial charge is 0.434 e. The number of carbonyl (C=O) groups excluding carboxylic acids is 1. The standard InChI is InChI=1S/C12H15F6N5OS.HI/c1-19-10(21-4-9(24)23(2)6-11(13,14)15)20-3-8-22-7(5-25-8)12(16,17)18;/h5H,3-4,6H2,1-2H3,(H2,19,20,21);1H. The van der Waals surface area contributed by atoms with E-state index in [0.29, 0.717) is 4.90 Å². The summed E-state index contributed by atoms with van der Waals surface area (Å²) in [6.07, 6.45) is -9.05. The molecule has 0 radical (unpaired) electrons. The molecule has 0 saturated carbocycles. The quantitative estimate of drug-likeness (QED) is 0.272. The first-order valence-electron chi connectivity index (χ1n) is 6.69. The predicted octanol–water partition coefficient (Wildman–Crippen LogP) is 2.47. The summed E-state index contributed by atoms with van der Waals surface area (Å²) in [4.78, 5) is 19.2. The molecule has 150 valence electrons. The molecule has 1 aromatic heterocycles. The fourth-order valence-electron chi connectivity index (χ4n) is 1.55. The molecule has 2 N–H and O–H groups in total. The number of halogens is 7. The number of aliphatic imine (C=N–C) groups is 1. The molecular weight excluding hydrogens is 503 g/mol. The van der Waals surface area contributed by atoms with Gasteiger partial charge in [0.25, 0.3) is 0 Å². The summed E-state index contributed by atoms with van der Waals surface area (Å²) in [5.41, 5.74) is -1.01. The van der Waals surface area contributed by atoms with E-state index in [1.54, 1.807) is 0 Å². The summed E-state index contributed by atoms with van der Waals surface area (Å²) in [6.45, 7) is -1.94. The van der Waals surface area contributed by atoms with Gasteiger partial charge in [-0.05, 0) is 0 Å². The van der Waals surface area contributed by atoms with Crippen molar-refractivity contribution in [3.05, 3.63) is 16.1 Å². The summed E-state index contributed by atoms with van der Waals surface area (Å²) in [5, 5.41) is 6.10. The monoisotopic (exact) mass is 519 g/mol. The van der Waals surface area contributed by atoms with Crippen molar-refractivity contribution < 1.29 is 31.1 Å². The molecule has 0 aromatic carbocycles. The number of thiazole rings is 1. The van der Waals surface area contributed by atoms with Crippen LogP contribution in [0.2, 0.25) is 0 Å². The van der Waals surface area contributed by atoms with Crippen LogP contribution in [0.1, 0.15) is 10.7 Å². The van der Waals surface area contributed by atoms with Crippen LogP contribution in [-0.2, 0) is 17.5 Å². The molecule has 1 rings (SSSR count). The zero-order chi connectivity index (χ0) is 19.3. The van der Waals surface area contributed by atoms with Crippen molar-refractivity contribution in [2.24, 2.45) is 4.99 Å². The molecule has 0 aliphatic heterocycles. The first-order valence-corrected chi connectivity index (χ1v) is 7.57. The maximum Gasteiger partial charge on any atom is 0.434 e. The van der Waals surface area contributed by atoms with E-state index in [4.69, 9.17) is 0 Å². The Hall–Kier alpha value is -1.32. The van der Waals surface area contributed by atoms with Crippen molar-refractivity contribution in [2.75, 3.05) is 27.2 Å². The third-order valence-corrected chi connectivity index (χ3v) is 3.57. The Morgan fingerprint density at radius 3 is 2.35 bits per heavy atom. The van der Waals surface area contributed by atoms with Gasteiger partial charge in [0, 0.05) is 19.5 Å². The second-order valence-corrected chi connectivity index (χ2v) is 5.71. The van der Waals surface area contributed by atoms with Crippen LogP contribution in [0.25, 0.3) is 0 Å². The average molecular weight is 519 g/mol. The molecule has 0 bridgehead atoms. The molecule has 0 unspecified atom stereocenters. The zero-order valence-electron chi connectivity index (χ0n) is 13.5. The molecule has 1 amide bonds. The average Bonchev–Trinajstić information content (AvgIpc) is 2.94. The Morgan fingerprint density at radius 1 is 1.27 bits per heavy atom. The third-order valence-electron chi connectivity index (χ3n) is 2.72. The smallest absolute Gasteiger partial charge is 0.350 e. The minimum Gasteiger partial charge on any atom is -0.350 e. The van der Waals surface area contributed by atoms with Crippen LogP contribution in [0, 0.1) is 0 Å². The van der Waals surface area contributed by atoms with Gasteiger partial charge in [0.15, 0.2) is 11.7 Å². The van der Waals surface area contributed by atoms with Crippen molar-refractivity contribution in [2.45, 2.75) is 18.9 Å². The van der Waals surface area contributed by atoms with Crippen LogP contribution < -0.4 is 10.6 Å². The molecule has 0 saturated heterocycles. The van der Waals surface area contributed by atoms with E-state index >= 15 is 0 Å². The predicted molar refractivity (Wildman–Crippen MR) is 94.4 cm³/mol. The van der Waals surface area contributed by atoms with Crippen LogP contribution in [-0.4, -0.2) is 55.1 Å². The van der Waals surface area contributed by atoms with Crippen LogP contribution in [0.5, 0.6) is 0 Å². The van der Waals surface area contributed by atoms with Crippen molar-refractivity contribution in [3.63, 3.8) is 0 Å². The molecule has 6 nitrogen and oxygen atoms in total. The lowest BCUT2D eigenvalue weighted by molar-refractivity contribution is -0.157. The number of nitrogens with zero attached hydrogens (tertiary/aromatic N) is 3. The normalized spacial score (nSPS) is 12.4. The van der Waals surface area contributed by atoms with Crippen LogP contribution in [0.3, 0.4) is 0 Å². The first-order chi connectivity index (χ1) is 11.4. The van der Waals surface area contributed by atoms with Gasteiger partial charge in [-0.1, -0.05) is 0 Å². The van der Waals surface area contributed by atoms with Gasteiger partial charge in [-0.15, -0.1) is 35.3 Å². The van der Waals surface area contributed by atoms with Gasteiger partial charge in [-0.2, -0.15) is 26.3 Å². The van der Waals surface area contributed by atoms with Crippen molar-refractivity contribution in [1.82, 2.24) is 20.5 Å². The number of aromatic nitrogens is 1. The highest BCUT2D eigenvalue weighted by Crippen LogP contribution is 2.29. The van der Waals surface area contributed by atoms with Gasteiger partial charge >= 0.3 is 12.4 Å². The number of hydrogen-bond acceptors (Lipinski definition) is 4. The second-order valence-electron chi connectivity index (χ2n) is 4.77. The molecule has 26 heavy (non-hydrogen) atoms. The highest BCUT2D eigenvalue weighted by Gasteiger charge is 2.33. The number of carbonyl (C=O) groups is 1. The highest BCUT2D eigenvalue weighted by molar-refractivity contribution is 14.0. The Kier molecular flexibility index (Phi) is 9.61. The van der Waals surface area contributed by atoms with E-state index in [2.05, 4.69) is 20.6 Å². The van der Waals surface area contributed by atoms with Gasteiger partial charge in [0.1, 0.15) is 11.6 Å². The van der Waals surface area contributed by atoms with Gasteiger partial charge in [-0.3, -0.25) is 9.79 Å². The molecule has 0 atom stereocenters. The Bertz CT molecular complexity index is 618. The minimum atomic E-state index is -4.54. The second kappa shape index (κ2) is 10.1. The number of hydrogen-bond donors (Lipinski definition) is 2. The fraction of sp³-hybridized carbons (Fsp3) is 0.583. The summed E-state index contributed by atoms with van der Waals surface area (Å²) >= 11 is 0.788.